The van der Waals surface area contributed by atoms with Gasteiger partial charge in [-0.25, -0.2) is 9.18 Å². The molecule has 2 saturated heterocycles. The van der Waals surface area contributed by atoms with Crippen LogP contribution >= 0.6 is 0 Å². The molecule has 2 fully saturated rings. The number of piperidine rings is 1. The van der Waals surface area contributed by atoms with Gasteiger partial charge in [-0.15, -0.1) is 0 Å². The smallest absolute Gasteiger partial charge is 0.410 e. The van der Waals surface area contributed by atoms with Gasteiger partial charge in [0.25, 0.3) is 0 Å². The van der Waals surface area contributed by atoms with Crippen LogP contribution in [0.5, 0.6) is 0 Å². The number of carbonyl (C=O) groups excluding carboxylic acids is 2. The van der Waals surface area contributed by atoms with Gasteiger partial charge in [-0.3, -0.25) is 4.79 Å². The second kappa shape index (κ2) is 5.12. The summed E-state index contributed by atoms with van der Waals surface area (Å²) in [5.41, 5.74) is -3.67. The molecule has 6 nitrogen and oxygen atoms in total. The predicted octanol–water partition coefficient (Wildman–Crippen LogP) is 1.10. The number of likely N-dealkylation sites (tertiary alicyclic amines) is 1. The van der Waals surface area contributed by atoms with E-state index in [1.807, 2.05) is 0 Å². The zero-order valence-corrected chi connectivity index (χ0v) is 13.0. The second-order valence-electron chi connectivity index (χ2n) is 6.79. The molecule has 0 aromatic heterocycles. The summed E-state index contributed by atoms with van der Waals surface area (Å²) < 4.78 is 25.3. The van der Waals surface area contributed by atoms with Gasteiger partial charge in [-0.1, -0.05) is 0 Å². The lowest BCUT2D eigenvalue weighted by Gasteiger charge is -2.45. The van der Waals surface area contributed by atoms with Crippen LogP contribution in [0.1, 0.15) is 27.2 Å². The van der Waals surface area contributed by atoms with E-state index in [1.165, 1.54) is 12.0 Å². The van der Waals surface area contributed by atoms with Gasteiger partial charge < -0.3 is 19.7 Å². The van der Waals surface area contributed by atoms with Crippen LogP contribution in [-0.4, -0.2) is 61.5 Å². The molecular weight excluding hydrogens is 279 g/mol. The molecule has 0 radical (unpaired) electrons. The summed E-state index contributed by atoms with van der Waals surface area (Å²) in [6, 6.07) is 0. The zero-order chi connectivity index (χ0) is 15.9. The van der Waals surface area contributed by atoms with Crippen molar-refractivity contribution in [3.05, 3.63) is 0 Å². The Hall–Kier alpha value is -1.37. The number of amides is 1. The molecule has 0 bridgehead atoms. The normalized spacial score (nSPS) is 32.5. The number of hydrogen-bond acceptors (Lipinski definition) is 5. The van der Waals surface area contributed by atoms with E-state index in [-0.39, 0.29) is 32.6 Å². The van der Waals surface area contributed by atoms with Gasteiger partial charge in [0.2, 0.25) is 0 Å². The highest BCUT2D eigenvalue weighted by Crippen LogP contribution is 2.46. The van der Waals surface area contributed by atoms with Gasteiger partial charge in [0.15, 0.2) is 5.67 Å². The Morgan fingerprint density at radius 1 is 1.29 bits per heavy atom. The third kappa shape index (κ3) is 2.71. The number of methoxy groups -OCH3 is 1. The minimum Gasteiger partial charge on any atom is -0.468 e. The van der Waals surface area contributed by atoms with Crippen LogP contribution in [0.15, 0.2) is 0 Å². The van der Waals surface area contributed by atoms with Crippen molar-refractivity contribution in [2.45, 2.75) is 38.5 Å². The minimum absolute atomic E-state index is 0.0292. The number of carbonyl (C=O) groups is 2. The molecule has 0 spiro atoms. The molecule has 0 aromatic rings. The van der Waals surface area contributed by atoms with Gasteiger partial charge in [-0.2, -0.15) is 0 Å². The van der Waals surface area contributed by atoms with Crippen molar-refractivity contribution >= 4 is 12.1 Å². The van der Waals surface area contributed by atoms with Crippen LogP contribution < -0.4 is 5.32 Å². The molecule has 21 heavy (non-hydrogen) atoms. The molecule has 0 unspecified atom stereocenters. The molecule has 1 amide bonds. The molecule has 2 aliphatic heterocycles. The number of esters is 1. The molecule has 120 valence electrons. The molecule has 7 heteroatoms. The fraction of sp³-hybridized carbons (Fsp3) is 0.857. The summed E-state index contributed by atoms with van der Waals surface area (Å²) in [7, 11) is 1.26. The highest BCUT2D eigenvalue weighted by atomic mass is 19.1. The highest BCUT2D eigenvalue weighted by Gasteiger charge is 2.64. The van der Waals surface area contributed by atoms with Gasteiger partial charge >= 0.3 is 12.1 Å². The molecule has 0 saturated carbocycles. The Kier molecular flexibility index (Phi) is 3.90. The van der Waals surface area contributed by atoms with Crippen molar-refractivity contribution < 1.29 is 23.5 Å². The van der Waals surface area contributed by atoms with Crippen LogP contribution in [-0.2, 0) is 14.3 Å². The molecule has 2 aliphatic rings. The number of rotatable bonds is 1. The summed E-state index contributed by atoms with van der Waals surface area (Å²) in [6.07, 6.45) is -0.326. The van der Waals surface area contributed by atoms with Gasteiger partial charge in [0.1, 0.15) is 11.0 Å². The third-order valence-electron chi connectivity index (χ3n) is 4.17. The molecule has 2 atom stereocenters. The average molecular weight is 302 g/mol. The molecular formula is C14H23FN2O4. The Morgan fingerprint density at radius 3 is 2.52 bits per heavy atom. The van der Waals surface area contributed by atoms with E-state index in [0.717, 1.165) is 0 Å². The first-order valence-corrected chi connectivity index (χ1v) is 7.10. The largest absolute Gasteiger partial charge is 0.468 e. The van der Waals surface area contributed by atoms with Crippen molar-refractivity contribution in [3.8, 4) is 0 Å². The number of hydrogen-bond donors (Lipinski definition) is 1. The number of fused-ring (bicyclic) bond motifs is 1. The lowest BCUT2D eigenvalue weighted by molar-refractivity contribution is -0.165. The van der Waals surface area contributed by atoms with E-state index in [4.69, 9.17) is 9.47 Å². The van der Waals surface area contributed by atoms with Gasteiger partial charge in [-0.05, 0) is 27.2 Å². The number of alkyl halides is 1. The first-order valence-electron chi connectivity index (χ1n) is 7.10. The SMILES string of the molecule is COC(=O)[C@]12CCN(C(=O)OC(C)(C)C)C[C@@]1(F)CNC2. The second-order valence-corrected chi connectivity index (χ2v) is 6.79. The summed E-state index contributed by atoms with van der Waals surface area (Å²) in [5, 5.41) is 2.91. The standard InChI is InChI=1S/C14H23FN2O4/c1-12(2,3)21-11(19)17-6-5-13(10(18)20-4)7-16-8-14(13,15)9-17/h16H,5-9H2,1-4H3/t13-,14+/m1/s1. The predicted molar refractivity (Wildman–Crippen MR) is 73.6 cm³/mol. The number of nitrogens with zero attached hydrogens (tertiary/aromatic N) is 1. The number of nitrogens with one attached hydrogen (secondary N) is 1. The van der Waals surface area contributed by atoms with Crippen molar-refractivity contribution in [1.82, 2.24) is 10.2 Å². The van der Waals surface area contributed by atoms with E-state index in [2.05, 4.69) is 5.32 Å². The van der Waals surface area contributed by atoms with Crippen molar-refractivity contribution in [2.75, 3.05) is 33.3 Å². The maximum atomic E-state index is 15.3. The Bertz CT molecular complexity index is 451. The van der Waals surface area contributed by atoms with Crippen LogP contribution in [0.2, 0.25) is 0 Å². The lowest BCUT2D eigenvalue weighted by atomic mass is 9.70. The summed E-state index contributed by atoms with van der Waals surface area (Å²) in [5.74, 6) is -0.557. The van der Waals surface area contributed by atoms with Gasteiger partial charge in [0, 0.05) is 19.6 Å². The van der Waals surface area contributed by atoms with Crippen LogP contribution in [0.4, 0.5) is 9.18 Å². The summed E-state index contributed by atoms with van der Waals surface area (Å²) in [4.78, 5) is 25.5. The van der Waals surface area contributed by atoms with Crippen LogP contribution in [0, 0.1) is 5.41 Å². The fourth-order valence-corrected chi connectivity index (χ4v) is 3.06. The Labute approximate surface area is 123 Å². The topological polar surface area (TPSA) is 67.9 Å². The Balaban J connectivity index is 2.16. The summed E-state index contributed by atoms with van der Waals surface area (Å²) in [6.45, 7) is 5.66. The first-order chi connectivity index (χ1) is 9.63. The van der Waals surface area contributed by atoms with E-state index >= 15 is 4.39 Å². The quantitative estimate of drug-likeness (QED) is 0.735. The maximum Gasteiger partial charge on any atom is 0.410 e. The number of halogens is 1. The molecule has 1 N–H and O–H groups in total. The summed E-state index contributed by atoms with van der Waals surface area (Å²) >= 11 is 0. The Morgan fingerprint density at radius 2 is 1.95 bits per heavy atom. The highest BCUT2D eigenvalue weighted by molar-refractivity contribution is 5.80. The zero-order valence-electron chi connectivity index (χ0n) is 13.0. The molecule has 0 aliphatic carbocycles. The minimum atomic E-state index is -1.82. The van der Waals surface area contributed by atoms with E-state index in [1.54, 1.807) is 20.8 Å². The van der Waals surface area contributed by atoms with E-state index < -0.39 is 28.7 Å². The average Bonchev–Trinajstić information content (AvgIpc) is 2.72. The van der Waals surface area contributed by atoms with Crippen molar-refractivity contribution in [3.63, 3.8) is 0 Å². The van der Waals surface area contributed by atoms with Crippen LogP contribution in [0.3, 0.4) is 0 Å². The lowest BCUT2D eigenvalue weighted by Crippen LogP contribution is -2.62. The fourth-order valence-electron chi connectivity index (χ4n) is 3.06. The van der Waals surface area contributed by atoms with Crippen molar-refractivity contribution in [1.29, 1.82) is 0 Å². The van der Waals surface area contributed by atoms with Crippen molar-refractivity contribution in [2.24, 2.45) is 5.41 Å². The van der Waals surface area contributed by atoms with E-state index in [0.29, 0.717) is 0 Å². The monoisotopic (exact) mass is 302 g/mol. The third-order valence-corrected chi connectivity index (χ3v) is 4.17. The maximum absolute atomic E-state index is 15.3. The van der Waals surface area contributed by atoms with Crippen LogP contribution in [0.25, 0.3) is 0 Å². The van der Waals surface area contributed by atoms with Gasteiger partial charge in [0.05, 0.1) is 13.7 Å². The first kappa shape index (κ1) is 16.0. The molecule has 0 aromatic carbocycles. The molecule has 2 rings (SSSR count). The van der Waals surface area contributed by atoms with E-state index in [9.17, 15) is 9.59 Å². The number of ether oxygens (including phenoxy) is 2. The molecule has 2 heterocycles.